The van der Waals surface area contributed by atoms with Gasteiger partial charge in [0, 0.05) is 29.1 Å². The van der Waals surface area contributed by atoms with Gasteiger partial charge < -0.3 is 9.72 Å². The molecule has 0 radical (unpaired) electrons. The standard InChI is InChI=1S/C23H20N2O2/c1-3-17-14-19-18-6-4-5-7-20(18)25-23(19)22(24-17)16-11-8-15(9-12-16)10-13-21(26)27-2/h1,4-13,17,22,24-25H,14H2,2H3. The molecule has 3 aromatic rings. The van der Waals surface area contributed by atoms with Crippen LogP contribution >= 0.6 is 0 Å². The first kappa shape index (κ1) is 17.1. The van der Waals surface area contributed by atoms with Crippen LogP contribution in [0.5, 0.6) is 0 Å². The van der Waals surface area contributed by atoms with Gasteiger partial charge in [0.05, 0.1) is 19.2 Å². The summed E-state index contributed by atoms with van der Waals surface area (Å²) in [5, 5.41) is 4.79. The maximum absolute atomic E-state index is 11.2. The van der Waals surface area contributed by atoms with Crippen LogP contribution in [0.2, 0.25) is 0 Å². The van der Waals surface area contributed by atoms with E-state index in [4.69, 9.17) is 6.42 Å². The van der Waals surface area contributed by atoms with Crippen molar-refractivity contribution in [2.45, 2.75) is 18.5 Å². The molecule has 134 valence electrons. The largest absolute Gasteiger partial charge is 0.466 e. The molecule has 27 heavy (non-hydrogen) atoms. The van der Waals surface area contributed by atoms with Crippen LogP contribution in [0.1, 0.15) is 28.4 Å². The van der Waals surface area contributed by atoms with Gasteiger partial charge in [-0.3, -0.25) is 5.32 Å². The number of aromatic amines is 1. The number of aromatic nitrogens is 1. The summed E-state index contributed by atoms with van der Waals surface area (Å²) in [5.41, 5.74) is 5.64. The Morgan fingerprint density at radius 2 is 2.00 bits per heavy atom. The van der Waals surface area contributed by atoms with Gasteiger partial charge in [-0.2, -0.15) is 0 Å². The summed E-state index contributed by atoms with van der Waals surface area (Å²) in [6, 6.07) is 16.4. The number of rotatable bonds is 3. The first-order chi connectivity index (χ1) is 13.2. The van der Waals surface area contributed by atoms with E-state index in [0.29, 0.717) is 0 Å². The Kier molecular flexibility index (Phi) is 4.53. The zero-order chi connectivity index (χ0) is 18.8. The lowest BCUT2D eigenvalue weighted by Crippen LogP contribution is -2.38. The maximum Gasteiger partial charge on any atom is 0.330 e. The molecule has 0 spiro atoms. The molecule has 0 amide bonds. The van der Waals surface area contributed by atoms with Crippen LogP contribution in [0.25, 0.3) is 17.0 Å². The predicted molar refractivity (Wildman–Crippen MR) is 107 cm³/mol. The number of carbonyl (C=O) groups excluding carboxylic acids is 1. The zero-order valence-electron chi connectivity index (χ0n) is 15.0. The number of benzene rings is 2. The number of hydrogen-bond donors (Lipinski definition) is 2. The van der Waals surface area contributed by atoms with E-state index in [2.05, 4.69) is 51.3 Å². The summed E-state index contributed by atoms with van der Waals surface area (Å²) in [6.45, 7) is 0. The molecule has 2 unspecified atom stereocenters. The molecule has 1 aromatic heterocycles. The minimum absolute atomic E-state index is 0.000775. The summed E-state index contributed by atoms with van der Waals surface area (Å²) in [7, 11) is 1.37. The monoisotopic (exact) mass is 356 g/mol. The number of methoxy groups -OCH3 is 1. The molecule has 0 saturated carbocycles. The Morgan fingerprint density at radius 1 is 1.22 bits per heavy atom. The van der Waals surface area contributed by atoms with Crippen molar-refractivity contribution in [2.75, 3.05) is 7.11 Å². The highest BCUT2D eigenvalue weighted by atomic mass is 16.5. The minimum atomic E-state index is -0.368. The minimum Gasteiger partial charge on any atom is -0.466 e. The van der Waals surface area contributed by atoms with E-state index in [9.17, 15) is 4.79 Å². The van der Waals surface area contributed by atoms with Crippen molar-refractivity contribution < 1.29 is 9.53 Å². The number of hydrogen-bond acceptors (Lipinski definition) is 3. The summed E-state index contributed by atoms with van der Waals surface area (Å²) >= 11 is 0. The van der Waals surface area contributed by atoms with E-state index >= 15 is 0 Å². The Morgan fingerprint density at radius 3 is 2.74 bits per heavy atom. The molecule has 0 saturated heterocycles. The highest BCUT2D eigenvalue weighted by Crippen LogP contribution is 2.35. The Hall–Kier alpha value is -3.29. The topological polar surface area (TPSA) is 54.1 Å². The molecule has 4 heteroatoms. The van der Waals surface area contributed by atoms with Gasteiger partial charge in [0.25, 0.3) is 0 Å². The zero-order valence-corrected chi connectivity index (χ0v) is 15.0. The number of esters is 1. The second-order valence-electron chi connectivity index (χ2n) is 6.61. The van der Waals surface area contributed by atoms with Gasteiger partial charge in [0.2, 0.25) is 0 Å². The van der Waals surface area contributed by atoms with E-state index in [1.165, 1.54) is 29.8 Å². The molecule has 2 aromatic carbocycles. The van der Waals surface area contributed by atoms with Gasteiger partial charge in [0.15, 0.2) is 0 Å². The Labute approximate surface area is 158 Å². The van der Waals surface area contributed by atoms with Crippen molar-refractivity contribution in [1.29, 1.82) is 0 Å². The summed E-state index contributed by atoms with van der Waals surface area (Å²) in [6.07, 6.45) is 9.71. The van der Waals surface area contributed by atoms with E-state index in [0.717, 1.165) is 23.1 Å². The quantitative estimate of drug-likeness (QED) is 0.428. The van der Waals surface area contributed by atoms with Crippen molar-refractivity contribution in [3.05, 3.63) is 77.0 Å². The van der Waals surface area contributed by atoms with Crippen molar-refractivity contribution in [1.82, 2.24) is 10.3 Å². The van der Waals surface area contributed by atoms with Crippen LogP contribution in [0.4, 0.5) is 0 Å². The molecule has 2 atom stereocenters. The molecule has 4 rings (SSSR count). The molecule has 0 bridgehead atoms. The Balaban J connectivity index is 1.70. The number of para-hydroxylation sites is 1. The van der Waals surface area contributed by atoms with Gasteiger partial charge in [-0.15, -0.1) is 6.42 Å². The fourth-order valence-electron chi connectivity index (χ4n) is 3.64. The average Bonchev–Trinajstić information content (AvgIpc) is 3.10. The smallest absolute Gasteiger partial charge is 0.330 e. The van der Waals surface area contributed by atoms with Gasteiger partial charge in [-0.05, 0) is 28.8 Å². The molecule has 0 fully saturated rings. The third kappa shape index (κ3) is 3.25. The van der Waals surface area contributed by atoms with Gasteiger partial charge >= 0.3 is 5.97 Å². The summed E-state index contributed by atoms with van der Waals surface area (Å²) in [5.74, 6) is 2.49. The number of H-pyrrole nitrogens is 1. The van der Waals surface area contributed by atoms with E-state index in [1.54, 1.807) is 6.08 Å². The molecule has 2 N–H and O–H groups in total. The fourth-order valence-corrected chi connectivity index (χ4v) is 3.64. The van der Waals surface area contributed by atoms with E-state index in [-0.39, 0.29) is 18.1 Å². The Bertz CT molecular complexity index is 1050. The second-order valence-corrected chi connectivity index (χ2v) is 6.61. The third-order valence-electron chi connectivity index (χ3n) is 5.00. The third-order valence-corrected chi connectivity index (χ3v) is 5.00. The first-order valence-corrected chi connectivity index (χ1v) is 8.87. The lowest BCUT2D eigenvalue weighted by molar-refractivity contribution is -0.134. The molecule has 4 nitrogen and oxygen atoms in total. The molecular formula is C23H20N2O2. The number of terminal acetylenes is 1. The van der Waals surface area contributed by atoms with Crippen LogP contribution in [0.15, 0.2) is 54.6 Å². The second kappa shape index (κ2) is 7.14. The lowest BCUT2D eigenvalue weighted by Gasteiger charge is -2.29. The van der Waals surface area contributed by atoms with Crippen LogP contribution in [-0.4, -0.2) is 24.1 Å². The molecule has 2 heterocycles. The van der Waals surface area contributed by atoms with Crippen LogP contribution in [0, 0.1) is 12.3 Å². The van der Waals surface area contributed by atoms with Gasteiger partial charge in [0.1, 0.15) is 0 Å². The number of nitrogens with one attached hydrogen (secondary N) is 2. The van der Waals surface area contributed by atoms with Crippen LogP contribution in [-0.2, 0) is 16.0 Å². The normalized spacial score (nSPS) is 19.0. The van der Waals surface area contributed by atoms with Crippen LogP contribution in [0.3, 0.4) is 0 Å². The molecule has 0 aliphatic carbocycles. The molecular weight excluding hydrogens is 336 g/mol. The summed E-state index contributed by atoms with van der Waals surface area (Å²) < 4.78 is 4.62. The van der Waals surface area contributed by atoms with Crippen molar-refractivity contribution in [3.63, 3.8) is 0 Å². The lowest BCUT2D eigenvalue weighted by atomic mass is 9.90. The van der Waals surface area contributed by atoms with Crippen molar-refractivity contribution in [2.24, 2.45) is 0 Å². The number of fused-ring (bicyclic) bond motifs is 3. The van der Waals surface area contributed by atoms with Gasteiger partial charge in [-0.1, -0.05) is 48.4 Å². The van der Waals surface area contributed by atoms with Crippen LogP contribution < -0.4 is 5.32 Å². The predicted octanol–water partition coefficient (Wildman–Crippen LogP) is 3.59. The maximum atomic E-state index is 11.2. The SMILES string of the molecule is C#CC1Cc2c([nH]c3ccccc23)C(c2ccc(C=CC(=O)OC)cc2)N1. The number of ether oxygens (including phenoxy) is 1. The number of carbonyl (C=O) groups is 1. The fraction of sp³-hybridized carbons (Fsp3) is 0.174. The molecule has 1 aliphatic heterocycles. The van der Waals surface area contributed by atoms with Gasteiger partial charge in [-0.25, -0.2) is 4.79 Å². The summed E-state index contributed by atoms with van der Waals surface area (Å²) in [4.78, 5) is 14.8. The van der Waals surface area contributed by atoms with E-state index < -0.39 is 0 Å². The van der Waals surface area contributed by atoms with Crippen molar-refractivity contribution >= 4 is 22.9 Å². The molecule has 1 aliphatic rings. The van der Waals surface area contributed by atoms with Crippen molar-refractivity contribution in [3.8, 4) is 12.3 Å². The average molecular weight is 356 g/mol. The first-order valence-electron chi connectivity index (χ1n) is 8.87. The highest BCUT2D eigenvalue weighted by molar-refractivity contribution is 5.87. The highest BCUT2D eigenvalue weighted by Gasteiger charge is 2.29. The van der Waals surface area contributed by atoms with E-state index in [1.807, 2.05) is 18.2 Å².